The number of nitrogens with zero attached hydrogens (tertiary/aromatic N) is 2. The van der Waals surface area contributed by atoms with E-state index in [0.29, 0.717) is 17.6 Å². The number of piperidine rings is 1. The molecular weight excluding hydrogens is 316 g/mol. The maximum atomic E-state index is 12.1. The van der Waals surface area contributed by atoms with Gasteiger partial charge in [-0.2, -0.15) is 11.8 Å². The first-order valence-corrected chi connectivity index (χ1v) is 10.6. The smallest absolute Gasteiger partial charge is 0.232 e. The summed E-state index contributed by atoms with van der Waals surface area (Å²) < 4.78 is 0. The van der Waals surface area contributed by atoms with Crippen molar-refractivity contribution in [3.8, 4) is 0 Å². The van der Waals surface area contributed by atoms with Crippen molar-refractivity contribution in [2.45, 2.75) is 33.1 Å². The van der Waals surface area contributed by atoms with Crippen LogP contribution in [0.25, 0.3) is 0 Å². The third-order valence-electron chi connectivity index (χ3n) is 5.15. The Bertz CT molecular complexity index is 512. The largest absolute Gasteiger partial charge is 0.342 e. The number of rotatable bonds is 8. The van der Waals surface area contributed by atoms with E-state index in [-0.39, 0.29) is 0 Å². The van der Waals surface area contributed by atoms with Gasteiger partial charge in [-0.15, -0.1) is 0 Å². The molecule has 1 saturated heterocycles. The number of hydrogen-bond donors (Lipinski definition) is 0. The van der Waals surface area contributed by atoms with Gasteiger partial charge in [-0.1, -0.05) is 24.3 Å². The standard InChI is InChI=1S/C20H32N2OS/c1-4-22(20(23)16-24-3)15-18-9-12-21(13-10-18)14-11-19-8-6-5-7-17(19)2/h5-8,18H,4,9-16H2,1-3H3. The molecule has 1 aliphatic rings. The molecule has 1 aliphatic heterocycles. The predicted octanol–water partition coefficient (Wildman–Crippen LogP) is 3.46. The second-order valence-electron chi connectivity index (χ2n) is 6.83. The zero-order valence-corrected chi connectivity index (χ0v) is 16.3. The van der Waals surface area contributed by atoms with Gasteiger partial charge in [0.1, 0.15) is 0 Å². The molecule has 1 aromatic carbocycles. The van der Waals surface area contributed by atoms with Gasteiger partial charge in [-0.25, -0.2) is 0 Å². The zero-order valence-electron chi connectivity index (χ0n) is 15.5. The van der Waals surface area contributed by atoms with Gasteiger partial charge in [0.25, 0.3) is 0 Å². The van der Waals surface area contributed by atoms with Crippen molar-refractivity contribution in [2.24, 2.45) is 5.92 Å². The topological polar surface area (TPSA) is 23.6 Å². The number of likely N-dealkylation sites (tertiary alicyclic amines) is 1. The van der Waals surface area contributed by atoms with Crippen LogP contribution in [0.1, 0.15) is 30.9 Å². The molecule has 0 radical (unpaired) electrons. The molecule has 1 fully saturated rings. The maximum absolute atomic E-state index is 12.1. The van der Waals surface area contributed by atoms with Crippen LogP contribution in [-0.2, 0) is 11.2 Å². The minimum absolute atomic E-state index is 0.298. The summed E-state index contributed by atoms with van der Waals surface area (Å²) in [5.74, 6) is 1.58. The first-order chi connectivity index (χ1) is 11.6. The van der Waals surface area contributed by atoms with Crippen LogP contribution >= 0.6 is 11.8 Å². The van der Waals surface area contributed by atoms with Crippen molar-refractivity contribution in [3.63, 3.8) is 0 Å². The number of carbonyl (C=O) groups excluding carboxylic acids is 1. The van der Waals surface area contributed by atoms with E-state index in [0.717, 1.165) is 26.1 Å². The van der Waals surface area contributed by atoms with Gasteiger partial charge in [0, 0.05) is 19.6 Å². The summed E-state index contributed by atoms with van der Waals surface area (Å²) in [7, 11) is 0. The highest BCUT2D eigenvalue weighted by molar-refractivity contribution is 7.99. The second kappa shape index (κ2) is 10.1. The van der Waals surface area contributed by atoms with Crippen LogP contribution in [0, 0.1) is 12.8 Å². The molecule has 0 aromatic heterocycles. The molecule has 0 aliphatic carbocycles. The number of amides is 1. The Hall–Kier alpha value is -1.000. The van der Waals surface area contributed by atoms with Gasteiger partial charge in [0.2, 0.25) is 5.91 Å². The van der Waals surface area contributed by atoms with Gasteiger partial charge in [0.05, 0.1) is 5.75 Å². The number of thioether (sulfide) groups is 1. The Kier molecular flexibility index (Phi) is 8.13. The predicted molar refractivity (Wildman–Crippen MR) is 105 cm³/mol. The minimum atomic E-state index is 0.298. The molecule has 3 nitrogen and oxygen atoms in total. The average Bonchev–Trinajstić information content (AvgIpc) is 2.60. The van der Waals surface area contributed by atoms with Crippen molar-refractivity contribution in [1.82, 2.24) is 9.80 Å². The van der Waals surface area contributed by atoms with Crippen molar-refractivity contribution < 1.29 is 4.79 Å². The first kappa shape index (κ1) is 19.3. The summed E-state index contributed by atoms with van der Waals surface area (Å²) in [5, 5.41) is 0. The fourth-order valence-electron chi connectivity index (χ4n) is 3.50. The summed E-state index contributed by atoms with van der Waals surface area (Å²) in [5.41, 5.74) is 2.87. The third kappa shape index (κ3) is 5.82. The molecule has 0 spiro atoms. The Morgan fingerprint density at radius 2 is 2.00 bits per heavy atom. The van der Waals surface area contributed by atoms with E-state index >= 15 is 0 Å². The fraction of sp³-hybridized carbons (Fsp3) is 0.650. The third-order valence-corrected chi connectivity index (χ3v) is 5.68. The van der Waals surface area contributed by atoms with Crippen LogP contribution in [0.5, 0.6) is 0 Å². The van der Waals surface area contributed by atoms with Crippen molar-refractivity contribution >= 4 is 17.7 Å². The maximum Gasteiger partial charge on any atom is 0.232 e. The van der Waals surface area contributed by atoms with Crippen LogP contribution < -0.4 is 0 Å². The van der Waals surface area contributed by atoms with Crippen LogP contribution in [0.3, 0.4) is 0 Å². The molecule has 134 valence electrons. The highest BCUT2D eigenvalue weighted by Crippen LogP contribution is 2.19. The summed E-state index contributed by atoms with van der Waals surface area (Å²) in [4.78, 5) is 16.7. The van der Waals surface area contributed by atoms with Gasteiger partial charge < -0.3 is 9.80 Å². The van der Waals surface area contributed by atoms with Crippen molar-refractivity contribution in [3.05, 3.63) is 35.4 Å². The highest BCUT2D eigenvalue weighted by atomic mass is 32.2. The lowest BCUT2D eigenvalue weighted by atomic mass is 9.95. The van der Waals surface area contributed by atoms with E-state index in [1.807, 2.05) is 11.2 Å². The number of carbonyl (C=O) groups is 1. The Morgan fingerprint density at radius 3 is 2.62 bits per heavy atom. The van der Waals surface area contributed by atoms with E-state index in [9.17, 15) is 4.79 Å². The molecule has 0 atom stereocenters. The SMILES string of the molecule is CCN(CC1CCN(CCc2ccccc2C)CC1)C(=O)CSC. The van der Waals surface area contributed by atoms with Gasteiger partial charge in [0.15, 0.2) is 0 Å². The van der Waals surface area contributed by atoms with E-state index in [1.165, 1.54) is 37.1 Å². The van der Waals surface area contributed by atoms with E-state index in [1.54, 1.807) is 11.8 Å². The fourth-order valence-corrected chi connectivity index (χ4v) is 3.93. The average molecular weight is 349 g/mol. The Balaban J connectivity index is 1.73. The van der Waals surface area contributed by atoms with E-state index in [2.05, 4.69) is 43.0 Å². The number of benzene rings is 1. The molecule has 0 saturated carbocycles. The zero-order chi connectivity index (χ0) is 17.4. The van der Waals surface area contributed by atoms with Gasteiger partial charge >= 0.3 is 0 Å². The molecule has 0 bridgehead atoms. The minimum Gasteiger partial charge on any atom is -0.342 e. The van der Waals surface area contributed by atoms with Gasteiger partial charge in [-0.05, 0) is 69.5 Å². The Morgan fingerprint density at radius 1 is 1.29 bits per heavy atom. The van der Waals surface area contributed by atoms with E-state index < -0.39 is 0 Å². The van der Waals surface area contributed by atoms with E-state index in [4.69, 9.17) is 0 Å². The normalized spacial score (nSPS) is 16.3. The lowest BCUT2D eigenvalue weighted by molar-refractivity contribution is -0.129. The van der Waals surface area contributed by atoms with Crippen LogP contribution in [0.2, 0.25) is 0 Å². The molecule has 1 amide bonds. The lowest BCUT2D eigenvalue weighted by Gasteiger charge is -2.34. The molecule has 24 heavy (non-hydrogen) atoms. The number of aryl methyl sites for hydroxylation is 1. The summed E-state index contributed by atoms with van der Waals surface area (Å²) in [6.07, 6.45) is 5.58. The summed E-state index contributed by atoms with van der Waals surface area (Å²) in [6, 6.07) is 8.70. The quantitative estimate of drug-likeness (QED) is 0.719. The molecule has 4 heteroatoms. The van der Waals surface area contributed by atoms with Crippen LogP contribution in [-0.4, -0.2) is 60.4 Å². The molecule has 1 aromatic rings. The van der Waals surface area contributed by atoms with Gasteiger partial charge in [-0.3, -0.25) is 4.79 Å². The monoisotopic (exact) mass is 348 g/mol. The second-order valence-corrected chi connectivity index (χ2v) is 7.69. The van der Waals surface area contributed by atoms with Crippen molar-refractivity contribution in [2.75, 3.05) is 44.7 Å². The first-order valence-electron chi connectivity index (χ1n) is 9.17. The van der Waals surface area contributed by atoms with Crippen LogP contribution in [0.4, 0.5) is 0 Å². The molecular formula is C20H32N2OS. The Labute approximate surface area is 151 Å². The summed E-state index contributed by atoms with van der Waals surface area (Å²) in [6.45, 7) is 9.58. The highest BCUT2D eigenvalue weighted by Gasteiger charge is 2.22. The molecule has 0 unspecified atom stereocenters. The lowest BCUT2D eigenvalue weighted by Crippen LogP contribution is -2.41. The molecule has 1 heterocycles. The molecule has 0 N–H and O–H groups in total. The summed E-state index contributed by atoms with van der Waals surface area (Å²) >= 11 is 1.62. The van der Waals surface area contributed by atoms with Crippen LogP contribution in [0.15, 0.2) is 24.3 Å². The van der Waals surface area contributed by atoms with Crippen molar-refractivity contribution in [1.29, 1.82) is 0 Å². The molecule has 2 rings (SSSR count). The number of hydrogen-bond acceptors (Lipinski definition) is 3.